The van der Waals surface area contributed by atoms with Gasteiger partial charge in [0.05, 0.1) is 26.4 Å². The molecule has 5 atom stereocenters. The minimum atomic E-state index is -1.67. The summed E-state index contributed by atoms with van der Waals surface area (Å²) in [4.78, 5) is 0. The number of fused-ring (bicyclic) bond motifs is 3. The first-order valence-corrected chi connectivity index (χ1v) is 12.5. The van der Waals surface area contributed by atoms with Crippen LogP contribution in [0.15, 0.2) is 72.8 Å². The molecule has 1 heterocycles. The number of para-hydroxylation sites is 1. The molecular formula is C29H36N2O6. The number of aliphatic hydroxyl groups is 2. The fraction of sp³-hybridized carbons (Fsp3) is 0.379. The Labute approximate surface area is 217 Å². The molecule has 1 aliphatic heterocycles. The molecule has 6 N–H and O–H groups in total. The number of hydrogen-bond acceptors (Lipinski definition) is 8. The first-order chi connectivity index (χ1) is 17.9. The van der Waals surface area contributed by atoms with Gasteiger partial charge in [-0.25, -0.2) is 0 Å². The topological polar surface area (TPSA) is 129 Å². The van der Waals surface area contributed by atoms with Crippen LogP contribution >= 0.6 is 0 Å². The van der Waals surface area contributed by atoms with E-state index in [1.807, 2.05) is 60.7 Å². The molecule has 0 amide bonds. The van der Waals surface area contributed by atoms with Gasteiger partial charge in [-0.3, -0.25) is 0 Å². The van der Waals surface area contributed by atoms with E-state index in [1.54, 1.807) is 19.2 Å². The zero-order valence-corrected chi connectivity index (χ0v) is 21.2. The minimum absolute atomic E-state index is 0.373. The third kappa shape index (κ3) is 5.24. The Hall–Kier alpha value is -3.30. The summed E-state index contributed by atoms with van der Waals surface area (Å²) in [5, 5.41) is 22.6. The van der Waals surface area contributed by atoms with Gasteiger partial charge in [-0.05, 0) is 37.1 Å². The Bertz CT molecular complexity index is 1150. The zero-order chi connectivity index (χ0) is 26.4. The molecule has 8 heteroatoms. The number of methoxy groups -OCH3 is 2. The fourth-order valence-corrected chi connectivity index (χ4v) is 5.09. The van der Waals surface area contributed by atoms with E-state index < -0.39 is 23.9 Å². The maximum atomic E-state index is 11.6. The van der Waals surface area contributed by atoms with E-state index in [0.717, 1.165) is 24.2 Å². The van der Waals surface area contributed by atoms with Crippen molar-refractivity contribution in [2.75, 3.05) is 27.4 Å². The molecule has 1 saturated carbocycles. The van der Waals surface area contributed by atoms with Crippen molar-refractivity contribution in [2.24, 2.45) is 11.5 Å². The molecule has 8 nitrogen and oxygen atoms in total. The van der Waals surface area contributed by atoms with Crippen LogP contribution in [0.4, 0.5) is 0 Å². The van der Waals surface area contributed by atoms with Crippen LogP contribution in [0.3, 0.4) is 0 Å². The van der Waals surface area contributed by atoms with E-state index in [-0.39, 0.29) is 5.92 Å². The van der Waals surface area contributed by atoms with Gasteiger partial charge in [0.25, 0.3) is 0 Å². The van der Waals surface area contributed by atoms with Gasteiger partial charge in [-0.1, -0.05) is 48.5 Å². The highest BCUT2D eigenvalue weighted by Gasteiger charge is 2.66. The highest BCUT2D eigenvalue weighted by atomic mass is 16.5. The average Bonchev–Trinajstić information content (AvgIpc) is 3.33. The number of aliphatic hydroxyl groups excluding tert-OH is 1. The Morgan fingerprint density at radius 1 is 0.919 bits per heavy atom. The number of benzene rings is 3. The molecule has 37 heavy (non-hydrogen) atoms. The average molecular weight is 509 g/mol. The summed E-state index contributed by atoms with van der Waals surface area (Å²) in [6.45, 7) is 1.14. The quantitative estimate of drug-likeness (QED) is 0.342. The molecule has 1 aliphatic carbocycles. The SMILES string of the molecule is COc1cc(OCCCCN)cc2c1[C@]1(O)C(O)C(N)[C@@H](c3ccccc3)C1O2.COc1ccccc1. The third-order valence-corrected chi connectivity index (χ3v) is 6.93. The Balaban J connectivity index is 0.000000342. The van der Waals surface area contributed by atoms with Gasteiger partial charge >= 0.3 is 0 Å². The predicted molar refractivity (Wildman–Crippen MR) is 141 cm³/mol. The lowest BCUT2D eigenvalue weighted by molar-refractivity contribution is -0.0941. The number of nitrogens with two attached hydrogens (primary N) is 2. The maximum absolute atomic E-state index is 11.6. The van der Waals surface area contributed by atoms with E-state index in [4.69, 9.17) is 30.4 Å². The Kier molecular flexibility index (Phi) is 8.56. The molecule has 3 aromatic rings. The Morgan fingerprint density at radius 3 is 2.19 bits per heavy atom. The highest BCUT2D eigenvalue weighted by Crippen LogP contribution is 2.58. The van der Waals surface area contributed by atoms with Crippen LogP contribution in [0.5, 0.6) is 23.0 Å². The smallest absolute Gasteiger partial charge is 0.161 e. The fourth-order valence-electron chi connectivity index (χ4n) is 5.09. The molecule has 0 saturated heterocycles. The molecule has 0 spiro atoms. The zero-order valence-electron chi connectivity index (χ0n) is 21.2. The molecule has 0 bridgehead atoms. The van der Waals surface area contributed by atoms with Gasteiger partial charge in [-0.2, -0.15) is 0 Å². The maximum Gasteiger partial charge on any atom is 0.161 e. The van der Waals surface area contributed by atoms with Crippen molar-refractivity contribution in [3.63, 3.8) is 0 Å². The molecular weight excluding hydrogens is 472 g/mol. The lowest BCUT2D eigenvalue weighted by atomic mass is 9.87. The van der Waals surface area contributed by atoms with Crippen molar-refractivity contribution < 1.29 is 29.2 Å². The molecule has 0 radical (unpaired) electrons. The first kappa shape index (κ1) is 26.8. The number of hydrogen-bond donors (Lipinski definition) is 4. The molecule has 0 aromatic heterocycles. The van der Waals surface area contributed by atoms with E-state index in [2.05, 4.69) is 0 Å². The van der Waals surface area contributed by atoms with Crippen molar-refractivity contribution in [1.29, 1.82) is 0 Å². The lowest BCUT2D eigenvalue weighted by Crippen LogP contribution is -2.45. The van der Waals surface area contributed by atoms with Crippen molar-refractivity contribution in [3.8, 4) is 23.0 Å². The summed E-state index contributed by atoms with van der Waals surface area (Å²) in [5.41, 5.74) is 11.5. The van der Waals surface area contributed by atoms with Crippen molar-refractivity contribution >= 4 is 0 Å². The third-order valence-electron chi connectivity index (χ3n) is 6.93. The van der Waals surface area contributed by atoms with Crippen LogP contribution < -0.4 is 30.4 Å². The summed E-state index contributed by atoms with van der Waals surface area (Å²) in [5.74, 6) is 1.96. The summed E-state index contributed by atoms with van der Waals surface area (Å²) < 4.78 is 22.4. The second-order valence-corrected chi connectivity index (χ2v) is 9.18. The number of unbranched alkanes of at least 4 members (excludes halogenated alkanes) is 1. The van der Waals surface area contributed by atoms with E-state index in [9.17, 15) is 10.2 Å². The molecule has 1 fully saturated rings. The van der Waals surface area contributed by atoms with Gasteiger partial charge in [0, 0.05) is 24.1 Å². The summed E-state index contributed by atoms with van der Waals surface area (Å²) in [6.07, 6.45) is -0.216. The predicted octanol–water partition coefficient (Wildman–Crippen LogP) is 2.94. The summed E-state index contributed by atoms with van der Waals surface area (Å²) in [7, 11) is 3.18. The van der Waals surface area contributed by atoms with Gasteiger partial charge in [0.15, 0.2) is 5.60 Å². The van der Waals surface area contributed by atoms with Gasteiger partial charge in [0.1, 0.15) is 35.2 Å². The summed E-state index contributed by atoms with van der Waals surface area (Å²) in [6, 6.07) is 22.0. The normalized spacial score (nSPS) is 25.2. The van der Waals surface area contributed by atoms with Gasteiger partial charge in [0.2, 0.25) is 0 Å². The monoisotopic (exact) mass is 508 g/mol. The molecule has 198 valence electrons. The minimum Gasteiger partial charge on any atom is -0.497 e. The van der Waals surface area contributed by atoms with E-state index >= 15 is 0 Å². The van der Waals surface area contributed by atoms with Gasteiger partial charge in [-0.15, -0.1) is 0 Å². The van der Waals surface area contributed by atoms with Crippen LogP contribution in [-0.4, -0.2) is 55.8 Å². The van der Waals surface area contributed by atoms with Crippen molar-refractivity contribution in [1.82, 2.24) is 0 Å². The second-order valence-electron chi connectivity index (χ2n) is 9.18. The molecule has 2 aliphatic rings. The highest BCUT2D eigenvalue weighted by molar-refractivity contribution is 5.59. The summed E-state index contributed by atoms with van der Waals surface area (Å²) >= 11 is 0. The van der Waals surface area contributed by atoms with Crippen molar-refractivity contribution in [2.45, 2.75) is 42.6 Å². The van der Waals surface area contributed by atoms with Crippen LogP contribution in [-0.2, 0) is 5.60 Å². The molecule has 3 unspecified atom stereocenters. The van der Waals surface area contributed by atoms with Crippen molar-refractivity contribution in [3.05, 3.63) is 83.9 Å². The number of rotatable bonds is 8. The standard InChI is InChI=1S/C22H28N2O5.C7H8O/c1-27-15-11-14(28-10-6-5-9-23)12-16-18(15)22(26)20(25)19(24)17(21(22)29-16)13-7-3-2-4-8-13;1-8-7-5-3-2-4-6-7/h2-4,7-8,11-12,17,19-21,25-26H,5-6,9-10,23-24H2,1H3;2-6H,1H3/t17-,19?,20?,21?,22+;/m1./s1. The number of ether oxygens (including phenoxy) is 4. The Morgan fingerprint density at radius 2 is 1.59 bits per heavy atom. The largest absolute Gasteiger partial charge is 0.497 e. The lowest BCUT2D eigenvalue weighted by Gasteiger charge is -2.27. The second kappa shape index (κ2) is 11.8. The first-order valence-electron chi connectivity index (χ1n) is 12.5. The van der Waals surface area contributed by atoms with Crippen LogP contribution in [0.1, 0.15) is 29.9 Å². The molecule has 3 aromatic carbocycles. The van der Waals surface area contributed by atoms with E-state index in [1.165, 1.54) is 7.11 Å². The van der Waals surface area contributed by atoms with Gasteiger partial charge < -0.3 is 40.6 Å². The molecule has 5 rings (SSSR count). The van der Waals surface area contributed by atoms with Crippen LogP contribution in [0.25, 0.3) is 0 Å². The van der Waals surface area contributed by atoms with Crippen LogP contribution in [0.2, 0.25) is 0 Å². The van der Waals surface area contributed by atoms with E-state index in [0.29, 0.717) is 36.0 Å². The van der Waals surface area contributed by atoms with Crippen LogP contribution in [0, 0.1) is 0 Å².